The van der Waals surface area contributed by atoms with Gasteiger partial charge in [0.2, 0.25) is 5.91 Å². The second-order valence-corrected chi connectivity index (χ2v) is 5.75. The number of hydrogen-bond acceptors (Lipinski definition) is 2. The van der Waals surface area contributed by atoms with E-state index in [1.165, 1.54) is 0 Å². The number of rotatable bonds is 5. The first-order valence-electron chi connectivity index (χ1n) is 7.81. The Labute approximate surface area is 122 Å². The van der Waals surface area contributed by atoms with Gasteiger partial charge in [0.05, 0.1) is 5.92 Å². The summed E-state index contributed by atoms with van der Waals surface area (Å²) >= 11 is 0. The quantitative estimate of drug-likeness (QED) is 0.867. The lowest BCUT2D eigenvalue weighted by Crippen LogP contribution is -2.52. The minimum atomic E-state index is -0.0182. The summed E-state index contributed by atoms with van der Waals surface area (Å²) in [5, 5.41) is 6.68. The smallest absolute Gasteiger partial charge is 0.227 e. The van der Waals surface area contributed by atoms with Gasteiger partial charge in [-0.2, -0.15) is 0 Å². The Balaban J connectivity index is 2.03. The molecule has 1 fully saturated rings. The van der Waals surface area contributed by atoms with Gasteiger partial charge in [-0.3, -0.25) is 4.79 Å². The maximum Gasteiger partial charge on any atom is 0.227 e. The predicted molar refractivity (Wildman–Crippen MR) is 82.7 cm³/mol. The zero-order chi connectivity index (χ0) is 14.4. The van der Waals surface area contributed by atoms with Gasteiger partial charge in [-0.1, -0.05) is 43.7 Å². The molecule has 3 atom stereocenters. The van der Waals surface area contributed by atoms with Crippen LogP contribution >= 0.6 is 0 Å². The molecule has 0 aliphatic carbocycles. The van der Waals surface area contributed by atoms with Crippen LogP contribution < -0.4 is 10.6 Å². The highest BCUT2D eigenvalue weighted by atomic mass is 16.1. The third-order valence-corrected chi connectivity index (χ3v) is 4.19. The Morgan fingerprint density at radius 1 is 1.40 bits per heavy atom. The Kier molecular flexibility index (Phi) is 5.60. The largest absolute Gasteiger partial charge is 0.351 e. The van der Waals surface area contributed by atoms with E-state index in [2.05, 4.69) is 36.6 Å². The van der Waals surface area contributed by atoms with E-state index in [9.17, 15) is 4.79 Å². The van der Waals surface area contributed by atoms with Crippen molar-refractivity contribution in [2.45, 2.75) is 57.5 Å². The average molecular weight is 274 g/mol. The van der Waals surface area contributed by atoms with Crippen molar-refractivity contribution in [3.8, 4) is 0 Å². The minimum Gasteiger partial charge on any atom is -0.351 e. The van der Waals surface area contributed by atoms with Crippen molar-refractivity contribution in [1.29, 1.82) is 0 Å². The zero-order valence-electron chi connectivity index (χ0n) is 12.6. The lowest BCUT2D eigenvalue weighted by molar-refractivity contribution is -0.123. The average Bonchev–Trinajstić information content (AvgIpc) is 2.48. The fourth-order valence-electron chi connectivity index (χ4n) is 2.95. The molecule has 2 rings (SSSR count). The third-order valence-electron chi connectivity index (χ3n) is 4.19. The zero-order valence-corrected chi connectivity index (χ0v) is 12.6. The molecule has 0 saturated carbocycles. The molecule has 0 radical (unpaired) electrons. The van der Waals surface area contributed by atoms with E-state index in [0.29, 0.717) is 6.04 Å². The molecule has 1 saturated heterocycles. The minimum absolute atomic E-state index is 0.0182. The van der Waals surface area contributed by atoms with Crippen molar-refractivity contribution >= 4 is 5.91 Å². The van der Waals surface area contributed by atoms with Crippen LogP contribution in [0.4, 0.5) is 0 Å². The molecule has 1 aliphatic rings. The van der Waals surface area contributed by atoms with Crippen molar-refractivity contribution < 1.29 is 4.79 Å². The summed E-state index contributed by atoms with van der Waals surface area (Å²) in [6, 6.07) is 10.8. The molecule has 3 heteroatoms. The molecule has 3 unspecified atom stereocenters. The predicted octanol–water partition coefficient (Wildman–Crippen LogP) is 2.83. The summed E-state index contributed by atoms with van der Waals surface area (Å²) in [4.78, 5) is 12.6. The van der Waals surface area contributed by atoms with Gasteiger partial charge < -0.3 is 10.6 Å². The normalized spacial score (nSPS) is 24.1. The molecule has 1 aromatic carbocycles. The first-order valence-corrected chi connectivity index (χ1v) is 7.81. The van der Waals surface area contributed by atoms with Crippen LogP contribution in [0.1, 0.15) is 51.0 Å². The number of carbonyl (C=O) groups excluding carboxylic acids is 1. The maximum absolute atomic E-state index is 12.6. The van der Waals surface area contributed by atoms with Crippen molar-refractivity contribution in [1.82, 2.24) is 10.6 Å². The van der Waals surface area contributed by atoms with Gasteiger partial charge in [0.25, 0.3) is 0 Å². The summed E-state index contributed by atoms with van der Waals surface area (Å²) in [5.74, 6) is 0.161. The highest BCUT2D eigenvalue weighted by Crippen LogP contribution is 2.22. The van der Waals surface area contributed by atoms with Crippen LogP contribution in [-0.2, 0) is 4.79 Å². The molecular weight excluding hydrogens is 248 g/mol. The van der Waals surface area contributed by atoms with E-state index < -0.39 is 0 Å². The SMILES string of the molecule is CCCC(C(=O)NC1CCCNC1C)c1ccccc1. The Hall–Kier alpha value is -1.35. The molecule has 0 aromatic heterocycles. The molecule has 3 nitrogen and oxygen atoms in total. The highest BCUT2D eigenvalue weighted by Gasteiger charge is 2.26. The fourth-order valence-corrected chi connectivity index (χ4v) is 2.95. The molecule has 2 N–H and O–H groups in total. The van der Waals surface area contributed by atoms with Crippen LogP contribution in [0.15, 0.2) is 30.3 Å². The number of carbonyl (C=O) groups is 1. The second-order valence-electron chi connectivity index (χ2n) is 5.75. The third kappa shape index (κ3) is 3.83. The first-order chi connectivity index (χ1) is 9.72. The van der Waals surface area contributed by atoms with Gasteiger partial charge in [0.15, 0.2) is 0 Å². The van der Waals surface area contributed by atoms with E-state index in [0.717, 1.165) is 37.8 Å². The number of piperidine rings is 1. The number of hydrogen-bond donors (Lipinski definition) is 2. The highest BCUT2D eigenvalue weighted by molar-refractivity contribution is 5.83. The van der Waals surface area contributed by atoms with Crippen LogP contribution in [0.2, 0.25) is 0 Å². The first kappa shape index (κ1) is 15.0. The number of benzene rings is 1. The van der Waals surface area contributed by atoms with E-state index >= 15 is 0 Å². The van der Waals surface area contributed by atoms with Crippen LogP contribution in [-0.4, -0.2) is 24.5 Å². The van der Waals surface area contributed by atoms with Crippen LogP contribution in [0.3, 0.4) is 0 Å². The topological polar surface area (TPSA) is 41.1 Å². The fraction of sp³-hybridized carbons (Fsp3) is 0.588. The summed E-state index contributed by atoms with van der Waals surface area (Å²) in [7, 11) is 0. The summed E-state index contributed by atoms with van der Waals surface area (Å²) in [6.45, 7) is 5.35. The lowest BCUT2D eigenvalue weighted by Gasteiger charge is -2.32. The van der Waals surface area contributed by atoms with Crippen molar-refractivity contribution in [2.24, 2.45) is 0 Å². The van der Waals surface area contributed by atoms with Crippen LogP contribution in [0.25, 0.3) is 0 Å². The van der Waals surface area contributed by atoms with Gasteiger partial charge in [-0.25, -0.2) is 0 Å². The molecule has 0 spiro atoms. The molecule has 1 heterocycles. The second kappa shape index (κ2) is 7.44. The van der Waals surface area contributed by atoms with Crippen LogP contribution in [0.5, 0.6) is 0 Å². The van der Waals surface area contributed by atoms with E-state index in [-0.39, 0.29) is 17.9 Å². The number of amides is 1. The summed E-state index contributed by atoms with van der Waals surface area (Å²) < 4.78 is 0. The molecule has 20 heavy (non-hydrogen) atoms. The van der Waals surface area contributed by atoms with Gasteiger partial charge in [0, 0.05) is 12.1 Å². The Morgan fingerprint density at radius 2 is 2.15 bits per heavy atom. The van der Waals surface area contributed by atoms with Crippen molar-refractivity contribution in [3.63, 3.8) is 0 Å². The van der Waals surface area contributed by atoms with E-state index in [4.69, 9.17) is 0 Å². The molecule has 1 amide bonds. The Bertz CT molecular complexity index is 418. The molecule has 0 bridgehead atoms. The number of nitrogens with one attached hydrogen (secondary N) is 2. The van der Waals surface area contributed by atoms with Crippen molar-refractivity contribution in [2.75, 3.05) is 6.54 Å². The van der Waals surface area contributed by atoms with Gasteiger partial charge in [-0.05, 0) is 38.3 Å². The molecule has 1 aliphatic heterocycles. The van der Waals surface area contributed by atoms with Gasteiger partial charge in [-0.15, -0.1) is 0 Å². The van der Waals surface area contributed by atoms with E-state index in [1.54, 1.807) is 0 Å². The van der Waals surface area contributed by atoms with Gasteiger partial charge >= 0.3 is 0 Å². The molecular formula is C17H26N2O. The lowest BCUT2D eigenvalue weighted by atomic mass is 9.92. The van der Waals surface area contributed by atoms with Crippen molar-refractivity contribution in [3.05, 3.63) is 35.9 Å². The summed E-state index contributed by atoms with van der Waals surface area (Å²) in [6.07, 6.45) is 4.14. The Morgan fingerprint density at radius 3 is 2.80 bits per heavy atom. The van der Waals surface area contributed by atoms with Crippen LogP contribution in [0, 0.1) is 0 Å². The molecule has 1 aromatic rings. The maximum atomic E-state index is 12.6. The summed E-state index contributed by atoms with van der Waals surface area (Å²) in [5.41, 5.74) is 1.13. The van der Waals surface area contributed by atoms with Gasteiger partial charge in [0.1, 0.15) is 0 Å². The van der Waals surface area contributed by atoms with E-state index in [1.807, 2.05) is 18.2 Å². The monoisotopic (exact) mass is 274 g/mol. The standard InChI is InChI=1S/C17H26N2O/c1-3-8-15(14-9-5-4-6-10-14)17(20)19-16-11-7-12-18-13(16)2/h4-6,9-10,13,15-16,18H,3,7-8,11-12H2,1-2H3,(H,19,20). The molecule has 110 valence electrons.